The number of fused-ring (bicyclic) bond motifs is 2. The first-order valence-electron chi connectivity index (χ1n) is 8.72. The number of carbonyl (C=O) groups excluding carboxylic acids is 1. The maximum absolute atomic E-state index is 14.0. The molecule has 23 heavy (non-hydrogen) atoms. The van der Waals surface area contributed by atoms with Crippen molar-refractivity contribution >= 4 is 5.91 Å². The molecular weight excluding hydrogens is 291 g/mol. The van der Waals surface area contributed by atoms with Crippen LogP contribution in [0.1, 0.15) is 51.5 Å². The summed E-state index contributed by atoms with van der Waals surface area (Å²) in [6, 6.07) is 8.03. The molecule has 0 spiro atoms. The Balaban J connectivity index is 1.51. The molecule has 2 bridgehead atoms. The highest BCUT2D eigenvalue weighted by atomic mass is 19.1. The molecule has 0 saturated carbocycles. The maximum Gasteiger partial charge on any atom is 0.220 e. The van der Waals surface area contributed by atoms with Crippen LogP contribution in [-0.4, -0.2) is 24.5 Å². The average molecular weight is 318 g/mol. The third-order valence-corrected chi connectivity index (χ3v) is 5.38. The number of hydrogen-bond acceptors (Lipinski definition) is 2. The third-order valence-electron chi connectivity index (χ3n) is 5.38. The number of benzene rings is 1. The van der Waals surface area contributed by atoms with Crippen LogP contribution >= 0.6 is 0 Å². The molecule has 0 radical (unpaired) electrons. The van der Waals surface area contributed by atoms with E-state index >= 15 is 0 Å². The lowest BCUT2D eigenvalue weighted by Gasteiger charge is -2.30. The van der Waals surface area contributed by atoms with Crippen LogP contribution < -0.4 is 10.6 Å². The fourth-order valence-corrected chi connectivity index (χ4v) is 4.10. The molecule has 3 rings (SSSR count). The van der Waals surface area contributed by atoms with Crippen LogP contribution in [0.3, 0.4) is 0 Å². The predicted octanol–water partition coefficient (Wildman–Crippen LogP) is 3.14. The second-order valence-electron chi connectivity index (χ2n) is 7.82. The van der Waals surface area contributed by atoms with E-state index < -0.39 is 5.41 Å². The maximum atomic E-state index is 14.0. The molecule has 0 aromatic heterocycles. The van der Waals surface area contributed by atoms with Crippen molar-refractivity contribution in [3.63, 3.8) is 0 Å². The highest BCUT2D eigenvalue weighted by Gasteiger charge is 2.34. The molecule has 4 heteroatoms. The number of nitrogens with one attached hydrogen (secondary N) is 2. The first kappa shape index (κ1) is 16.4. The Labute approximate surface area is 138 Å². The molecular formula is C19H27FN2O. The number of rotatable bonds is 5. The van der Waals surface area contributed by atoms with Gasteiger partial charge in [-0.25, -0.2) is 4.39 Å². The SMILES string of the molecule is CC(C)(CNC(=O)CC1CC2CCC(C1)N2)c1ccccc1F. The zero-order valence-corrected chi connectivity index (χ0v) is 14.1. The molecule has 2 aliphatic heterocycles. The minimum atomic E-state index is -0.409. The van der Waals surface area contributed by atoms with Crippen LogP contribution in [0.2, 0.25) is 0 Å². The van der Waals surface area contributed by atoms with Crippen LogP contribution in [0, 0.1) is 11.7 Å². The number of hydrogen-bond donors (Lipinski definition) is 2. The fourth-order valence-electron chi connectivity index (χ4n) is 4.10. The molecule has 1 aromatic carbocycles. The van der Waals surface area contributed by atoms with Gasteiger partial charge in [0.1, 0.15) is 5.82 Å². The summed E-state index contributed by atoms with van der Waals surface area (Å²) < 4.78 is 14.0. The van der Waals surface area contributed by atoms with Crippen molar-refractivity contribution in [3.8, 4) is 0 Å². The summed E-state index contributed by atoms with van der Waals surface area (Å²) in [5, 5.41) is 6.62. The van der Waals surface area contributed by atoms with Gasteiger partial charge in [0.2, 0.25) is 5.91 Å². The van der Waals surface area contributed by atoms with Crippen molar-refractivity contribution in [2.75, 3.05) is 6.54 Å². The molecule has 1 aromatic rings. The molecule has 2 heterocycles. The van der Waals surface area contributed by atoms with E-state index in [0.29, 0.717) is 36.5 Å². The van der Waals surface area contributed by atoms with Crippen molar-refractivity contribution in [1.29, 1.82) is 0 Å². The van der Waals surface area contributed by atoms with Crippen molar-refractivity contribution in [1.82, 2.24) is 10.6 Å². The standard InChI is InChI=1S/C19H27FN2O/c1-19(2,16-5-3-4-6-17(16)20)12-21-18(23)11-13-9-14-7-8-15(10-13)22-14/h3-6,13-15,22H,7-12H2,1-2H3,(H,21,23). The Hall–Kier alpha value is -1.42. The summed E-state index contributed by atoms with van der Waals surface area (Å²) in [6.07, 6.45) is 5.33. The topological polar surface area (TPSA) is 41.1 Å². The molecule has 2 atom stereocenters. The van der Waals surface area contributed by atoms with E-state index in [1.807, 2.05) is 19.9 Å². The van der Waals surface area contributed by atoms with Gasteiger partial charge in [0, 0.05) is 30.5 Å². The summed E-state index contributed by atoms with van der Waals surface area (Å²) in [6.45, 7) is 4.40. The summed E-state index contributed by atoms with van der Waals surface area (Å²) in [7, 11) is 0. The van der Waals surface area contributed by atoms with E-state index in [0.717, 1.165) is 12.8 Å². The Morgan fingerprint density at radius 3 is 2.57 bits per heavy atom. The zero-order valence-electron chi connectivity index (χ0n) is 14.1. The highest BCUT2D eigenvalue weighted by Crippen LogP contribution is 2.32. The summed E-state index contributed by atoms with van der Waals surface area (Å²) in [5.41, 5.74) is 0.244. The molecule has 3 nitrogen and oxygen atoms in total. The van der Waals surface area contributed by atoms with Gasteiger partial charge >= 0.3 is 0 Å². The largest absolute Gasteiger partial charge is 0.355 e. The molecule has 2 N–H and O–H groups in total. The van der Waals surface area contributed by atoms with Crippen molar-refractivity contribution in [2.24, 2.45) is 5.92 Å². The van der Waals surface area contributed by atoms with Gasteiger partial charge in [-0.05, 0) is 43.2 Å². The second kappa shape index (κ2) is 6.60. The van der Waals surface area contributed by atoms with Crippen LogP contribution in [-0.2, 0) is 10.2 Å². The lowest BCUT2D eigenvalue weighted by molar-refractivity contribution is -0.122. The van der Waals surface area contributed by atoms with Gasteiger partial charge in [-0.15, -0.1) is 0 Å². The van der Waals surface area contributed by atoms with E-state index in [-0.39, 0.29) is 11.7 Å². The predicted molar refractivity (Wildman–Crippen MR) is 89.7 cm³/mol. The molecule has 0 aliphatic carbocycles. The van der Waals surface area contributed by atoms with Crippen LogP contribution in [0.25, 0.3) is 0 Å². The first-order chi connectivity index (χ1) is 10.9. The van der Waals surface area contributed by atoms with E-state index in [2.05, 4.69) is 10.6 Å². The minimum Gasteiger partial charge on any atom is -0.355 e. The molecule has 2 saturated heterocycles. The molecule has 1 amide bonds. The van der Waals surface area contributed by atoms with Crippen molar-refractivity contribution < 1.29 is 9.18 Å². The van der Waals surface area contributed by atoms with E-state index in [9.17, 15) is 9.18 Å². The molecule has 126 valence electrons. The van der Waals surface area contributed by atoms with Crippen molar-refractivity contribution in [2.45, 2.75) is 63.5 Å². The number of carbonyl (C=O) groups is 1. The minimum absolute atomic E-state index is 0.0979. The van der Waals surface area contributed by atoms with Crippen LogP contribution in [0.5, 0.6) is 0 Å². The van der Waals surface area contributed by atoms with E-state index in [1.165, 1.54) is 18.9 Å². The van der Waals surface area contributed by atoms with Gasteiger partial charge in [0.25, 0.3) is 0 Å². The fraction of sp³-hybridized carbons (Fsp3) is 0.632. The lowest BCUT2D eigenvalue weighted by Crippen LogP contribution is -2.41. The first-order valence-corrected chi connectivity index (χ1v) is 8.72. The van der Waals surface area contributed by atoms with Crippen LogP contribution in [0.4, 0.5) is 4.39 Å². The Bertz CT molecular complexity index is 560. The van der Waals surface area contributed by atoms with E-state index in [4.69, 9.17) is 0 Å². The summed E-state index contributed by atoms with van der Waals surface area (Å²) in [5.74, 6) is 0.382. The Morgan fingerprint density at radius 1 is 1.26 bits per heavy atom. The molecule has 2 aliphatic rings. The van der Waals surface area contributed by atoms with Gasteiger partial charge in [0.15, 0.2) is 0 Å². The van der Waals surface area contributed by atoms with Gasteiger partial charge < -0.3 is 10.6 Å². The highest BCUT2D eigenvalue weighted by molar-refractivity contribution is 5.76. The monoisotopic (exact) mass is 318 g/mol. The summed E-state index contributed by atoms with van der Waals surface area (Å²) >= 11 is 0. The Kier molecular flexibility index (Phi) is 4.72. The summed E-state index contributed by atoms with van der Waals surface area (Å²) in [4.78, 5) is 12.3. The number of halogens is 1. The average Bonchev–Trinajstić information content (AvgIpc) is 2.84. The lowest BCUT2D eigenvalue weighted by atomic mass is 9.84. The normalized spacial score (nSPS) is 27.0. The smallest absolute Gasteiger partial charge is 0.220 e. The number of piperidine rings is 1. The number of amides is 1. The van der Waals surface area contributed by atoms with Crippen molar-refractivity contribution in [3.05, 3.63) is 35.6 Å². The van der Waals surface area contributed by atoms with Gasteiger partial charge in [-0.3, -0.25) is 4.79 Å². The third kappa shape index (κ3) is 3.92. The van der Waals surface area contributed by atoms with Gasteiger partial charge in [0.05, 0.1) is 0 Å². The molecule has 2 fully saturated rings. The zero-order chi connectivity index (χ0) is 16.4. The van der Waals surface area contributed by atoms with Gasteiger partial charge in [-0.1, -0.05) is 32.0 Å². The second-order valence-corrected chi connectivity index (χ2v) is 7.82. The quantitative estimate of drug-likeness (QED) is 0.876. The molecule has 2 unspecified atom stereocenters. The van der Waals surface area contributed by atoms with E-state index in [1.54, 1.807) is 12.1 Å². The van der Waals surface area contributed by atoms with Gasteiger partial charge in [-0.2, -0.15) is 0 Å². The van der Waals surface area contributed by atoms with Crippen LogP contribution in [0.15, 0.2) is 24.3 Å². The Morgan fingerprint density at radius 2 is 1.91 bits per heavy atom.